The van der Waals surface area contributed by atoms with Crippen LogP contribution in [0.3, 0.4) is 0 Å². The van der Waals surface area contributed by atoms with E-state index in [-0.39, 0.29) is 11.0 Å². The molecule has 0 amide bonds. The van der Waals surface area contributed by atoms with Gasteiger partial charge < -0.3 is 0 Å². The summed E-state index contributed by atoms with van der Waals surface area (Å²) in [6, 6.07) is 3.62. The van der Waals surface area contributed by atoms with Gasteiger partial charge in [0.25, 0.3) is 10.0 Å². The molecule has 9 heteroatoms. The Labute approximate surface area is 122 Å². The lowest BCUT2D eigenvalue weighted by atomic mass is 10.3. The van der Waals surface area contributed by atoms with Crippen molar-refractivity contribution in [1.82, 2.24) is 9.97 Å². The van der Waals surface area contributed by atoms with Crippen LogP contribution >= 0.6 is 27.5 Å². The maximum Gasteiger partial charge on any atom is 0.266 e. The monoisotopic (exact) mass is 365 g/mol. The first-order valence-corrected chi connectivity index (χ1v) is 7.49. The van der Waals surface area contributed by atoms with Crippen LogP contribution in [-0.2, 0) is 10.0 Å². The van der Waals surface area contributed by atoms with E-state index in [1.54, 1.807) is 0 Å². The Bertz CT molecular complexity index is 709. The summed E-state index contributed by atoms with van der Waals surface area (Å²) >= 11 is 8.57. The second-order valence-electron chi connectivity index (χ2n) is 3.40. The Morgan fingerprint density at radius 2 is 2.00 bits per heavy atom. The van der Waals surface area contributed by atoms with Crippen LogP contribution in [0.25, 0.3) is 0 Å². The van der Waals surface area contributed by atoms with E-state index >= 15 is 0 Å². The van der Waals surface area contributed by atoms with E-state index in [0.29, 0.717) is 4.47 Å². The summed E-state index contributed by atoms with van der Waals surface area (Å²) in [5, 5.41) is 0.123. The van der Waals surface area contributed by atoms with E-state index in [9.17, 15) is 12.8 Å². The van der Waals surface area contributed by atoms with Gasteiger partial charge in [-0.15, -0.1) is 0 Å². The van der Waals surface area contributed by atoms with Crippen molar-refractivity contribution in [3.63, 3.8) is 0 Å². The van der Waals surface area contributed by atoms with Crippen molar-refractivity contribution >= 4 is 43.4 Å². The predicted octanol–water partition coefficient (Wildman–Crippen LogP) is 2.83. The second-order valence-corrected chi connectivity index (χ2v) is 6.36. The average molecular weight is 367 g/mol. The van der Waals surface area contributed by atoms with Crippen LogP contribution in [0.1, 0.15) is 0 Å². The van der Waals surface area contributed by atoms with Crippen molar-refractivity contribution < 1.29 is 12.8 Å². The highest BCUT2D eigenvalue weighted by molar-refractivity contribution is 9.10. The number of nitrogens with one attached hydrogen (secondary N) is 1. The van der Waals surface area contributed by atoms with Gasteiger partial charge in [-0.3, -0.25) is 4.72 Å². The van der Waals surface area contributed by atoms with E-state index < -0.39 is 20.7 Å². The molecule has 100 valence electrons. The van der Waals surface area contributed by atoms with Gasteiger partial charge in [0.15, 0.2) is 5.82 Å². The van der Waals surface area contributed by atoms with Crippen LogP contribution in [0.4, 0.5) is 10.2 Å². The molecule has 19 heavy (non-hydrogen) atoms. The Morgan fingerprint density at radius 1 is 1.26 bits per heavy atom. The molecule has 1 heterocycles. The molecule has 0 aliphatic rings. The number of sulfonamides is 1. The van der Waals surface area contributed by atoms with Crippen LogP contribution in [0.5, 0.6) is 0 Å². The molecule has 0 spiro atoms. The summed E-state index contributed by atoms with van der Waals surface area (Å²) in [4.78, 5) is 6.91. The molecule has 0 saturated carbocycles. The normalized spacial score (nSPS) is 11.3. The zero-order chi connectivity index (χ0) is 14.0. The summed E-state index contributed by atoms with van der Waals surface area (Å²) in [5.74, 6) is -0.921. The first-order valence-electron chi connectivity index (χ1n) is 4.84. The van der Waals surface area contributed by atoms with Crippen molar-refractivity contribution in [2.75, 3.05) is 4.72 Å². The molecule has 1 N–H and O–H groups in total. The third-order valence-electron chi connectivity index (χ3n) is 2.04. The Morgan fingerprint density at radius 3 is 2.58 bits per heavy atom. The van der Waals surface area contributed by atoms with Crippen molar-refractivity contribution in [1.29, 1.82) is 0 Å². The van der Waals surface area contributed by atoms with Gasteiger partial charge in [0.2, 0.25) is 0 Å². The quantitative estimate of drug-likeness (QED) is 0.906. The maximum absolute atomic E-state index is 13.6. The van der Waals surface area contributed by atoms with Crippen LogP contribution in [0.2, 0.25) is 5.15 Å². The minimum absolute atomic E-state index is 0.0493. The van der Waals surface area contributed by atoms with E-state index in [4.69, 9.17) is 11.6 Å². The fraction of sp³-hybridized carbons (Fsp3) is 0. The SMILES string of the molecule is O=S(=O)(Nc1cnc(Cl)cn1)c1ccc(Br)cc1F. The highest BCUT2D eigenvalue weighted by Crippen LogP contribution is 2.21. The standard InChI is InChI=1S/C10H6BrClFN3O2S/c11-6-1-2-8(7(13)3-6)19(17,18)16-10-5-14-9(12)4-15-10/h1-5H,(H,15,16). The molecule has 0 aliphatic heterocycles. The number of hydrogen-bond donors (Lipinski definition) is 1. The summed E-state index contributed by atoms with van der Waals surface area (Å²) in [6.45, 7) is 0. The number of benzene rings is 1. The van der Waals surface area contributed by atoms with Gasteiger partial charge in [-0.2, -0.15) is 0 Å². The molecule has 0 unspecified atom stereocenters. The Hall–Kier alpha value is -1.25. The number of aromatic nitrogens is 2. The Balaban J connectivity index is 2.35. The maximum atomic E-state index is 13.6. The molecule has 0 fully saturated rings. The highest BCUT2D eigenvalue weighted by Gasteiger charge is 2.19. The summed E-state index contributed by atoms with van der Waals surface area (Å²) in [6.07, 6.45) is 2.31. The van der Waals surface area contributed by atoms with E-state index in [2.05, 4.69) is 30.6 Å². The molecule has 5 nitrogen and oxygen atoms in total. The molecule has 2 rings (SSSR count). The van der Waals surface area contributed by atoms with E-state index in [0.717, 1.165) is 18.3 Å². The smallest absolute Gasteiger partial charge is 0.262 e. The van der Waals surface area contributed by atoms with Crippen LogP contribution in [0.15, 0.2) is 40.0 Å². The van der Waals surface area contributed by atoms with Crippen LogP contribution in [0, 0.1) is 5.82 Å². The number of rotatable bonds is 3. The lowest BCUT2D eigenvalue weighted by molar-refractivity contribution is 0.569. The fourth-order valence-electron chi connectivity index (χ4n) is 1.25. The van der Waals surface area contributed by atoms with Gasteiger partial charge in [-0.05, 0) is 18.2 Å². The van der Waals surface area contributed by atoms with Crippen LogP contribution in [-0.4, -0.2) is 18.4 Å². The third-order valence-corrected chi connectivity index (χ3v) is 4.12. The molecular weight excluding hydrogens is 361 g/mol. The lowest BCUT2D eigenvalue weighted by Crippen LogP contribution is -2.15. The summed E-state index contributed by atoms with van der Waals surface area (Å²) < 4.78 is 40.1. The zero-order valence-corrected chi connectivity index (χ0v) is 12.3. The Kier molecular flexibility index (Phi) is 4.02. The van der Waals surface area contributed by atoms with E-state index in [1.165, 1.54) is 12.3 Å². The van der Waals surface area contributed by atoms with Gasteiger partial charge in [0, 0.05) is 4.47 Å². The van der Waals surface area contributed by atoms with Gasteiger partial charge in [-0.25, -0.2) is 22.8 Å². The zero-order valence-electron chi connectivity index (χ0n) is 9.14. The van der Waals surface area contributed by atoms with Gasteiger partial charge in [0.1, 0.15) is 15.9 Å². The molecule has 1 aromatic heterocycles. The average Bonchev–Trinajstić information content (AvgIpc) is 2.31. The number of halogens is 3. The first kappa shape index (κ1) is 14.2. The van der Waals surface area contributed by atoms with Crippen molar-refractivity contribution in [3.05, 3.63) is 46.0 Å². The summed E-state index contributed by atoms with van der Waals surface area (Å²) in [5.41, 5.74) is 0. The third kappa shape index (κ3) is 3.40. The van der Waals surface area contributed by atoms with Gasteiger partial charge in [0.05, 0.1) is 12.4 Å². The molecule has 0 atom stereocenters. The van der Waals surface area contributed by atoms with Crippen LogP contribution < -0.4 is 4.72 Å². The lowest BCUT2D eigenvalue weighted by Gasteiger charge is -2.07. The predicted molar refractivity (Wildman–Crippen MR) is 72.0 cm³/mol. The van der Waals surface area contributed by atoms with Crippen molar-refractivity contribution in [2.24, 2.45) is 0 Å². The molecule has 0 radical (unpaired) electrons. The molecular formula is C10H6BrClFN3O2S. The minimum atomic E-state index is -4.07. The number of hydrogen-bond acceptors (Lipinski definition) is 4. The summed E-state index contributed by atoms with van der Waals surface area (Å²) in [7, 11) is -4.07. The highest BCUT2D eigenvalue weighted by atomic mass is 79.9. The topological polar surface area (TPSA) is 72.0 Å². The molecule has 2 aromatic rings. The van der Waals surface area contributed by atoms with Gasteiger partial charge in [-0.1, -0.05) is 27.5 Å². The second kappa shape index (κ2) is 5.40. The van der Waals surface area contributed by atoms with Crippen molar-refractivity contribution in [3.8, 4) is 0 Å². The first-order chi connectivity index (χ1) is 8.88. The molecule has 1 aromatic carbocycles. The molecule has 0 saturated heterocycles. The minimum Gasteiger partial charge on any atom is -0.262 e. The largest absolute Gasteiger partial charge is 0.266 e. The number of nitrogens with zero attached hydrogens (tertiary/aromatic N) is 2. The van der Waals surface area contributed by atoms with Gasteiger partial charge >= 0.3 is 0 Å². The van der Waals surface area contributed by atoms with Crippen molar-refractivity contribution in [2.45, 2.75) is 4.90 Å². The number of anilines is 1. The molecule has 0 aliphatic carbocycles. The molecule has 0 bridgehead atoms. The van der Waals surface area contributed by atoms with E-state index in [1.807, 2.05) is 0 Å². The fourth-order valence-corrected chi connectivity index (χ4v) is 2.74.